The fourth-order valence-electron chi connectivity index (χ4n) is 1.31. The minimum absolute atomic E-state index is 0.104. The number of hydrogen-bond acceptors (Lipinski definition) is 6. The Morgan fingerprint density at radius 3 is 2.76 bits per heavy atom. The summed E-state index contributed by atoms with van der Waals surface area (Å²) in [5.74, 6) is -0.350. The summed E-state index contributed by atoms with van der Waals surface area (Å²) >= 11 is 6.02. The fraction of sp³-hybridized carbons (Fsp3) is 0. The molecule has 17 heavy (non-hydrogen) atoms. The van der Waals surface area contributed by atoms with Crippen molar-refractivity contribution in [3.05, 3.63) is 28.7 Å². The molecular formula is C10H8N2O3S2. The van der Waals surface area contributed by atoms with Crippen LogP contribution < -0.4 is 10.8 Å². The van der Waals surface area contributed by atoms with Crippen LogP contribution in [0.3, 0.4) is 0 Å². The highest BCUT2D eigenvalue weighted by Crippen LogP contribution is 2.29. The third-order valence-electron chi connectivity index (χ3n) is 2.08. The van der Waals surface area contributed by atoms with Crippen LogP contribution in [0.5, 0.6) is 5.75 Å². The van der Waals surface area contributed by atoms with Crippen LogP contribution in [0.1, 0.15) is 5.56 Å². The van der Waals surface area contributed by atoms with Gasteiger partial charge >= 0.3 is 0 Å². The van der Waals surface area contributed by atoms with Crippen molar-refractivity contribution < 1.29 is 15.1 Å². The van der Waals surface area contributed by atoms with E-state index in [0.29, 0.717) is 14.8 Å². The molecule has 1 amide bonds. The van der Waals surface area contributed by atoms with Crippen molar-refractivity contribution in [2.75, 3.05) is 5.48 Å². The maximum absolute atomic E-state index is 11.4. The molecule has 0 saturated carbocycles. The molecule has 2 rings (SSSR count). The molecule has 0 atom stereocenters. The van der Waals surface area contributed by atoms with E-state index in [1.165, 1.54) is 23.9 Å². The molecule has 4 N–H and O–H groups in total. The molecule has 0 unspecified atom stereocenters. The number of carbonyl (C=O) groups excluding carboxylic acids is 1. The number of benzene rings is 1. The zero-order chi connectivity index (χ0) is 12.4. The highest BCUT2D eigenvalue weighted by molar-refractivity contribution is 8.26. The van der Waals surface area contributed by atoms with Gasteiger partial charge in [0.1, 0.15) is 15.8 Å². The number of amides is 1. The van der Waals surface area contributed by atoms with Crippen LogP contribution >= 0.6 is 24.0 Å². The quantitative estimate of drug-likeness (QED) is 0.283. The fourth-order valence-corrected chi connectivity index (χ4v) is 2.35. The molecule has 0 aromatic heterocycles. The number of phenolic OH excluding ortho intramolecular Hbond substituents is 1. The predicted molar refractivity (Wildman–Crippen MR) is 69.8 cm³/mol. The number of phenols is 1. The lowest BCUT2D eigenvalue weighted by atomic mass is 10.1. The lowest BCUT2D eigenvalue weighted by molar-refractivity contribution is -0.115. The summed E-state index contributed by atoms with van der Waals surface area (Å²) in [7, 11) is 0. The van der Waals surface area contributed by atoms with Crippen LogP contribution in [0.25, 0.3) is 6.08 Å². The number of hydrogen-bond donors (Lipinski definition) is 4. The summed E-state index contributed by atoms with van der Waals surface area (Å²) in [5, 5.41) is 20.7. The molecule has 1 aliphatic heterocycles. The average molecular weight is 268 g/mol. The Bertz CT molecular complexity index is 528. The maximum atomic E-state index is 11.4. The normalized spacial score (nSPS) is 17.4. The highest BCUT2D eigenvalue weighted by Gasteiger charge is 2.21. The zero-order valence-corrected chi connectivity index (χ0v) is 10.1. The molecule has 0 radical (unpaired) electrons. The van der Waals surface area contributed by atoms with E-state index in [2.05, 4.69) is 5.32 Å². The van der Waals surface area contributed by atoms with E-state index in [1.54, 1.807) is 12.1 Å². The van der Waals surface area contributed by atoms with E-state index < -0.39 is 0 Å². The third kappa shape index (κ3) is 2.57. The predicted octanol–water partition coefficient (Wildman–Crippen LogP) is 1.68. The first-order chi connectivity index (χ1) is 8.10. The molecule has 1 fully saturated rings. The molecular weight excluding hydrogens is 260 g/mol. The van der Waals surface area contributed by atoms with Gasteiger partial charge in [0.2, 0.25) is 0 Å². The Hall–Kier alpha value is -1.57. The van der Waals surface area contributed by atoms with Gasteiger partial charge in [-0.15, -0.1) is 0 Å². The van der Waals surface area contributed by atoms with Gasteiger partial charge in [-0.2, -0.15) is 0 Å². The van der Waals surface area contributed by atoms with Crippen LogP contribution in [0.4, 0.5) is 5.69 Å². The second-order valence-corrected chi connectivity index (χ2v) is 4.96. The minimum atomic E-state index is -0.246. The summed E-state index contributed by atoms with van der Waals surface area (Å²) < 4.78 is 0.416. The van der Waals surface area contributed by atoms with Gasteiger partial charge < -0.3 is 10.4 Å². The molecule has 1 aromatic rings. The van der Waals surface area contributed by atoms with Crippen molar-refractivity contribution in [3.63, 3.8) is 0 Å². The molecule has 88 valence electrons. The number of carbonyl (C=O) groups is 1. The molecule has 1 aromatic carbocycles. The number of thiocarbonyl (C=S) groups is 1. The molecule has 5 nitrogen and oxygen atoms in total. The van der Waals surface area contributed by atoms with Crippen molar-refractivity contribution in [3.8, 4) is 5.75 Å². The SMILES string of the molecule is O=C1NC(=S)S/C1=C\c1ccc(NO)c(O)c1. The smallest absolute Gasteiger partial charge is 0.263 e. The van der Waals surface area contributed by atoms with Crippen molar-refractivity contribution in [2.45, 2.75) is 0 Å². The number of nitrogens with one attached hydrogen (secondary N) is 2. The molecule has 0 spiro atoms. The Morgan fingerprint density at radius 2 is 2.24 bits per heavy atom. The molecule has 1 saturated heterocycles. The number of rotatable bonds is 2. The van der Waals surface area contributed by atoms with Crippen LogP contribution in [0.15, 0.2) is 23.1 Å². The van der Waals surface area contributed by atoms with E-state index in [9.17, 15) is 9.90 Å². The maximum Gasteiger partial charge on any atom is 0.263 e. The van der Waals surface area contributed by atoms with Crippen molar-refractivity contribution in [2.24, 2.45) is 0 Å². The lowest BCUT2D eigenvalue weighted by Gasteiger charge is -2.03. The molecule has 0 aliphatic carbocycles. The van der Waals surface area contributed by atoms with Gasteiger partial charge in [-0.05, 0) is 23.8 Å². The largest absolute Gasteiger partial charge is 0.506 e. The standard InChI is InChI=1S/C10H8N2O3S2/c13-7-3-5(1-2-6(7)12-15)4-8-9(14)11-10(16)17-8/h1-4,12-13,15H,(H,11,14,16)/b8-4-. The number of anilines is 1. The van der Waals surface area contributed by atoms with Gasteiger partial charge in [0, 0.05) is 0 Å². The van der Waals surface area contributed by atoms with Gasteiger partial charge in [0.15, 0.2) is 0 Å². The summed E-state index contributed by atoms with van der Waals surface area (Å²) in [4.78, 5) is 11.9. The molecule has 0 bridgehead atoms. The second-order valence-electron chi connectivity index (χ2n) is 3.24. The first-order valence-electron chi connectivity index (χ1n) is 4.58. The van der Waals surface area contributed by atoms with E-state index >= 15 is 0 Å². The third-order valence-corrected chi connectivity index (χ3v) is 3.24. The second kappa shape index (κ2) is 4.74. The Kier molecular flexibility index (Phi) is 3.32. The van der Waals surface area contributed by atoms with E-state index in [1.807, 2.05) is 5.48 Å². The van der Waals surface area contributed by atoms with Crippen LogP contribution in [0.2, 0.25) is 0 Å². The first-order valence-corrected chi connectivity index (χ1v) is 5.80. The average Bonchev–Trinajstić information content (AvgIpc) is 2.58. The molecule has 7 heteroatoms. The Labute approximate surface area is 106 Å². The van der Waals surface area contributed by atoms with Gasteiger partial charge in [-0.3, -0.25) is 15.5 Å². The van der Waals surface area contributed by atoms with Crippen LogP contribution in [-0.2, 0) is 4.79 Å². The first kappa shape index (κ1) is 11.9. The van der Waals surface area contributed by atoms with Crippen LogP contribution in [0, 0.1) is 0 Å². The van der Waals surface area contributed by atoms with Gasteiger partial charge in [0.05, 0.1) is 4.91 Å². The van der Waals surface area contributed by atoms with Crippen molar-refractivity contribution >= 4 is 46.0 Å². The lowest BCUT2D eigenvalue weighted by Crippen LogP contribution is -2.17. The molecule has 1 aliphatic rings. The monoisotopic (exact) mass is 268 g/mol. The number of thioether (sulfide) groups is 1. The van der Waals surface area contributed by atoms with Gasteiger partial charge in [0.25, 0.3) is 5.91 Å². The van der Waals surface area contributed by atoms with Crippen molar-refractivity contribution in [1.29, 1.82) is 0 Å². The zero-order valence-electron chi connectivity index (χ0n) is 8.43. The topological polar surface area (TPSA) is 81.6 Å². The van der Waals surface area contributed by atoms with E-state index in [4.69, 9.17) is 17.4 Å². The molecule has 1 heterocycles. The summed E-state index contributed by atoms with van der Waals surface area (Å²) in [6.07, 6.45) is 1.61. The Morgan fingerprint density at radius 1 is 1.47 bits per heavy atom. The van der Waals surface area contributed by atoms with Gasteiger partial charge in [-0.25, -0.2) is 0 Å². The summed E-state index contributed by atoms with van der Waals surface area (Å²) in [6, 6.07) is 4.58. The minimum Gasteiger partial charge on any atom is -0.506 e. The van der Waals surface area contributed by atoms with E-state index in [-0.39, 0.29) is 17.3 Å². The van der Waals surface area contributed by atoms with Crippen LogP contribution in [-0.4, -0.2) is 20.5 Å². The van der Waals surface area contributed by atoms with E-state index in [0.717, 1.165) is 0 Å². The van der Waals surface area contributed by atoms with Gasteiger partial charge in [-0.1, -0.05) is 30.0 Å². The summed E-state index contributed by atoms with van der Waals surface area (Å²) in [6.45, 7) is 0. The van der Waals surface area contributed by atoms with Crippen molar-refractivity contribution in [1.82, 2.24) is 5.32 Å². The number of aromatic hydroxyl groups is 1. The summed E-state index contributed by atoms with van der Waals surface area (Å²) in [5.41, 5.74) is 2.70. The Balaban J connectivity index is 2.30. The highest BCUT2D eigenvalue weighted by atomic mass is 32.2.